The van der Waals surface area contributed by atoms with Crippen LogP contribution in [0.5, 0.6) is 0 Å². The number of aromatic nitrogens is 2. The Morgan fingerprint density at radius 3 is 2.57 bits per heavy atom. The Bertz CT molecular complexity index is 1790. The van der Waals surface area contributed by atoms with E-state index in [2.05, 4.69) is 6.07 Å². The van der Waals surface area contributed by atoms with Crippen LogP contribution in [0.3, 0.4) is 0 Å². The van der Waals surface area contributed by atoms with Crippen LogP contribution in [0.2, 0.25) is 5.02 Å². The van der Waals surface area contributed by atoms with Gasteiger partial charge in [0.2, 0.25) is 0 Å². The molecule has 5 aromatic rings. The van der Waals surface area contributed by atoms with Gasteiger partial charge in [0.15, 0.2) is 4.21 Å². The van der Waals surface area contributed by atoms with E-state index in [0.29, 0.717) is 22.6 Å². The lowest BCUT2D eigenvalue weighted by Gasteiger charge is -2.15. The average molecular weight is 571 g/mol. The van der Waals surface area contributed by atoms with Gasteiger partial charge in [0.05, 0.1) is 17.8 Å². The summed E-state index contributed by atoms with van der Waals surface area (Å²) in [5.74, 6) is 0. The summed E-state index contributed by atoms with van der Waals surface area (Å²) in [6.45, 7) is 4.10. The number of hydrogen-bond donors (Lipinski definition) is 1. The molecule has 5 rings (SSSR count). The highest BCUT2D eigenvalue weighted by Crippen LogP contribution is 2.38. The summed E-state index contributed by atoms with van der Waals surface area (Å²) in [5, 5.41) is 3.31. The minimum atomic E-state index is -4.39. The van der Waals surface area contributed by atoms with Crippen LogP contribution in [0.1, 0.15) is 33.6 Å². The maximum absolute atomic E-state index is 13.0. The summed E-state index contributed by atoms with van der Waals surface area (Å²) >= 11 is 9.28. The predicted molar refractivity (Wildman–Crippen MR) is 151 cm³/mol. The van der Waals surface area contributed by atoms with E-state index in [0.717, 1.165) is 50.5 Å². The molecule has 0 saturated carbocycles. The maximum Gasteiger partial charge on any atom is 0.304 e. The number of nitrogens with zero attached hydrogens (tertiary/aromatic N) is 2. The lowest BCUT2D eigenvalue weighted by atomic mass is 10.1. The third-order valence-corrected chi connectivity index (χ3v) is 9.73. The van der Waals surface area contributed by atoms with Crippen LogP contribution in [-0.2, 0) is 29.5 Å². The Hall–Kier alpha value is -2.82. The smallest absolute Gasteiger partial charge is 0.304 e. The molecule has 190 valence electrons. The molecule has 6 nitrogen and oxygen atoms in total. The van der Waals surface area contributed by atoms with Crippen LogP contribution in [-0.4, -0.2) is 22.5 Å². The highest BCUT2D eigenvalue weighted by atomic mass is 35.5. The quantitative estimate of drug-likeness (QED) is 0.223. The van der Waals surface area contributed by atoms with Gasteiger partial charge in [-0.25, -0.2) is 0 Å². The lowest BCUT2D eigenvalue weighted by molar-refractivity contribution is 0.486. The maximum atomic E-state index is 13.0. The number of thiophene rings is 2. The third-order valence-electron chi connectivity index (χ3n) is 6.12. The molecule has 0 radical (unpaired) electrons. The first-order valence-electron chi connectivity index (χ1n) is 11.6. The lowest BCUT2D eigenvalue weighted by Crippen LogP contribution is -2.21. The van der Waals surface area contributed by atoms with Gasteiger partial charge in [0, 0.05) is 49.5 Å². The third kappa shape index (κ3) is 5.28. The summed E-state index contributed by atoms with van der Waals surface area (Å²) < 4.78 is 35.0. The normalized spacial score (nSPS) is 11.9. The first-order valence-corrected chi connectivity index (χ1v) is 15.1. The molecule has 0 aliphatic heterocycles. The molecule has 0 unspecified atom stereocenters. The van der Waals surface area contributed by atoms with E-state index in [1.54, 1.807) is 47.1 Å². The standard InChI is InChI=1S/C27H23ClN2O4S3/c1-3-18-13-25-21(24(29-18)14-19-5-4-10-35-19)8-9-26(31)30(25)15-17-6-7-20(23(28)12-17)22-11-16(2)36-27(22)37(32,33)34/h4-13H,3,14-15H2,1-2H3,(H,32,33,34). The molecule has 1 aromatic carbocycles. The molecule has 4 aromatic heterocycles. The van der Waals surface area contributed by atoms with Crippen molar-refractivity contribution in [3.63, 3.8) is 0 Å². The summed E-state index contributed by atoms with van der Waals surface area (Å²) in [6, 6.07) is 16.5. The van der Waals surface area contributed by atoms with Gasteiger partial charge in [-0.3, -0.25) is 14.3 Å². The second-order valence-corrected chi connectivity index (χ2v) is 13.0. The molecule has 0 atom stereocenters. The van der Waals surface area contributed by atoms with E-state index in [1.165, 1.54) is 4.88 Å². The predicted octanol–water partition coefficient (Wildman–Crippen LogP) is 6.60. The van der Waals surface area contributed by atoms with Gasteiger partial charge in [0.25, 0.3) is 5.56 Å². The summed E-state index contributed by atoms with van der Waals surface area (Å²) in [4.78, 5) is 19.8. The van der Waals surface area contributed by atoms with Crippen LogP contribution >= 0.6 is 34.3 Å². The minimum absolute atomic E-state index is 0.134. The molecule has 0 aliphatic rings. The van der Waals surface area contributed by atoms with E-state index in [-0.39, 0.29) is 16.3 Å². The highest BCUT2D eigenvalue weighted by molar-refractivity contribution is 7.88. The number of benzene rings is 1. The fourth-order valence-electron chi connectivity index (χ4n) is 4.40. The van der Waals surface area contributed by atoms with E-state index in [9.17, 15) is 17.8 Å². The van der Waals surface area contributed by atoms with E-state index in [4.69, 9.17) is 16.6 Å². The number of halogens is 1. The Morgan fingerprint density at radius 2 is 1.89 bits per heavy atom. The minimum Gasteiger partial charge on any atom is -0.304 e. The van der Waals surface area contributed by atoms with Crippen LogP contribution in [0.15, 0.2) is 69.0 Å². The average Bonchev–Trinajstić information content (AvgIpc) is 3.50. The van der Waals surface area contributed by atoms with Gasteiger partial charge in [-0.2, -0.15) is 8.42 Å². The topological polar surface area (TPSA) is 89.3 Å². The molecule has 0 amide bonds. The molecule has 1 N–H and O–H groups in total. The SMILES string of the molecule is CCc1cc2c(ccc(=O)n2Cc2ccc(-c3cc(C)sc3S(=O)(=O)O)c(Cl)c2)c(Cc2cccs2)n1. The fraction of sp³-hybridized carbons (Fsp3) is 0.185. The number of pyridine rings is 2. The van der Waals surface area contributed by atoms with Crippen molar-refractivity contribution in [3.05, 3.63) is 102 Å². The van der Waals surface area contributed by atoms with Gasteiger partial charge in [0.1, 0.15) is 0 Å². The summed E-state index contributed by atoms with van der Waals surface area (Å²) in [6.07, 6.45) is 1.43. The molecule has 0 bridgehead atoms. The molecule has 10 heteroatoms. The number of rotatable bonds is 7. The molecule has 4 heterocycles. The van der Waals surface area contributed by atoms with E-state index in [1.807, 2.05) is 36.6 Å². The second-order valence-electron chi connectivity index (χ2n) is 8.71. The van der Waals surface area contributed by atoms with Crippen LogP contribution in [0.25, 0.3) is 22.0 Å². The molecule has 0 fully saturated rings. The molecule has 0 saturated heterocycles. The highest BCUT2D eigenvalue weighted by Gasteiger charge is 2.22. The zero-order valence-corrected chi connectivity index (χ0v) is 23.3. The molecule has 0 aliphatic carbocycles. The first-order chi connectivity index (χ1) is 17.6. The van der Waals surface area contributed by atoms with Crippen molar-refractivity contribution in [1.29, 1.82) is 0 Å². The van der Waals surface area contributed by atoms with Crippen molar-refractivity contribution in [1.82, 2.24) is 9.55 Å². The monoisotopic (exact) mass is 570 g/mol. The van der Waals surface area contributed by atoms with Gasteiger partial charge < -0.3 is 4.57 Å². The van der Waals surface area contributed by atoms with Crippen LogP contribution < -0.4 is 5.56 Å². The Labute approximate surface area is 227 Å². The van der Waals surface area contributed by atoms with Gasteiger partial charge in [-0.05, 0) is 54.6 Å². The van der Waals surface area contributed by atoms with Crippen molar-refractivity contribution in [3.8, 4) is 11.1 Å². The zero-order valence-electron chi connectivity index (χ0n) is 20.1. The van der Waals surface area contributed by atoms with E-state index >= 15 is 0 Å². The van der Waals surface area contributed by atoms with Gasteiger partial charge in [-0.15, -0.1) is 22.7 Å². The van der Waals surface area contributed by atoms with Crippen molar-refractivity contribution in [2.24, 2.45) is 0 Å². The first kappa shape index (κ1) is 25.8. The Kier molecular flexibility index (Phi) is 7.08. The van der Waals surface area contributed by atoms with Gasteiger partial charge >= 0.3 is 10.1 Å². The summed E-state index contributed by atoms with van der Waals surface area (Å²) in [5.41, 5.74) is 4.18. The molecule has 0 spiro atoms. The Morgan fingerprint density at radius 1 is 1.08 bits per heavy atom. The number of fused-ring (bicyclic) bond motifs is 1. The number of hydrogen-bond acceptors (Lipinski definition) is 6. The number of aryl methyl sites for hydroxylation is 2. The van der Waals surface area contributed by atoms with Crippen LogP contribution in [0, 0.1) is 6.92 Å². The van der Waals surface area contributed by atoms with Crippen LogP contribution in [0.4, 0.5) is 0 Å². The van der Waals surface area contributed by atoms with Gasteiger partial charge in [-0.1, -0.05) is 36.7 Å². The summed E-state index contributed by atoms with van der Waals surface area (Å²) in [7, 11) is -4.39. The molecular weight excluding hydrogens is 548 g/mol. The van der Waals surface area contributed by atoms with Crippen molar-refractivity contribution in [2.75, 3.05) is 0 Å². The second kappa shape index (κ2) is 10.2. The van der Waals surface area contributed by atoms with Crippen molar-refractivity contribution in [2.45, 2.75) is 37.4 Å². The van der Waals surface area contributed by atoms with Crippen molar-refractivity contribution >= 4 is 55.3 Å². The van der Waals surface area contributed by atoms with Crippen molar-refractivity contribution < 1.29 is 13.0 Å². The molecular formula is C27H23ClN2O4S3. The fourth-order valence-corrected chi connectivity index (χ4v) is 7.43. The Balaban J connectivity index is 1.57. The largest absolute Gasteiger partial charge is 0.304 e. The zero-order chi connectivity index (χ0) is 26.3. The molecule has 37 heavy (non-hydrogen) atoms. The van der Waals surface area contributed by atoms with E-state index < -0.39 is 10.1 Å².